The molecule has 120 valence electrons. The van der Waals surface area contributed by atoms with Crippen LogP contribution in [0.3, 0.4) is 0 Å². The third-order valence-corrected chi connectivity index (χ3v) is 4.94. The topological polar surface area (TPSA) is 71.8 Å². The molecule has 6 nitrogen and oxygen atoms in total. The standard InChI is InChI=1S/C16H22N2O4/c1-11-4-5-12(14(20)17(11)2)15(21)18-8-6-13(19)16(10-18)7-3-9-22-16/h4-5,13,19H,3,6-10H2,1-2H3/t13-,16-/m0/s1. The predicted octanol–water partition coefficient (Wildman–Crippen LogP) is 0.450. The lowest BCUT2D eigenvalue weighted by Crippen LogP contribution is -2.58. The number of carbonyl (C=O) groups is 1. The molecule has 2 aliphatic rings. The van der Waals surface area contributed by atoms with Gasteiger partial charge < -0.3 is 19.3 Å². The summed E-state index contributed by atoms with van der Waals surface area (Å²) in [6.07, 6.45) is 1.59. The van der Waals surface area contributed by atoms with E-state index in [1.54, 1.807) is 24.1 Å². The van der Waals surface area contributed by atoms with Crippen molar-refractivity contribution in [3.8, 4) is 0 Å². The molecule has 2 aliphatic heterocycles. The predicted molar refractivity (Wildman–Crippen MR) is 80.9 cm³/mol. The number of aliphatic hydroxyl groups is 1. The zero-order valence-corrected chi connectivity index (χ0v) is 13.0. The second-order valence-corrected chi connectivity index (χ2v) is 6.30. The Labute approximate surface area is 129 Å². The molecule has 0 aliphatic carbocycles. The van der Waals surface area contributed by atoms with Crippen LogP contribution in [-0.2, 0) is 11.8 Å². The lowest BCUT2D eigenvalue weighted by atomic mass is 9.87. The van der Waals surface area contributed by atoms with Gasteiger partial charge in [-0.25, -0.2) is 0 Å². The van der Waals surface area contributed by atoms with E-state index < -0.39 is 11.7 Å². The number of aliphatic hydroxyl groups excluding tert-OH is 1. The SMILES string of the molecule is Cc1ccc(C(=O)N2CC[C@H](O)[C@]3(CCCO3)C2)c(=O)n1C. The van der Waals surface area contributed by atoms with Crippen molar-refractivity contribution in [2.45, 2.75) is 37.9 Å². The molecule has 1 amide bonds. The Morgan fingerprint density at radius 1 is 1.45 bits per heavy atom. The summed E-state index contributed by atoms with van der Waals surface area (Å²) in [6, 6.07) is 3.36. The largest absolute Gasteiger partial charge is 0.390 e. The van der Waals surface area contributed by atoms with Gasteiger partial charge >= 0.3 is 0 Å². The highest BCUT2D eigenvalue weighted by atomic mass is 16.5. The van der Waals surface area contributed by atoms with Crippen molar-refractivity contribution < 1.29 is 14.6 Å². The summed E-state index contributed by atoms with van der Waals surface area (Å²) in [5.74, 6) is -0.276. The number of nitrogens with zero attached hydrogens (tertiary/aromatic N) is 2. The van der Waals surface area contributed by atoms with Crippen molar-refractivity contribution in [1.82, 2.24) is 9.47 Å². The molecule has 1 spiro atoms. The maximum atomic E-state index is 12.7. The molecule has 1 aromatic rings. The van der Waals surface area contributed by atoms with Crippen molar-refractivity contribution in [1.29, 1.82) is 0 Å². The van der Waals surface area contributed by atoms with Gasteiger partial charge in [-0.1, -0.05) is 0 Å². The first-order valence-electron chi connectivity index (χ1n) is 7.72. The first-order chi connectivity index (χ1) is 10.4. The van der Waals surface area contributed by atoms with Gasteiger partial charge in [0.25, 0.3) is 11.5 Å². The van der Waals surface area contributed by atoms with Crippen LogP contribution in [0.1, 0.15) is 35.3 Å². The summed E-state index contributed by atoms with van der Waals surface area (Å²) in [4.78, 5) is 26.6. The molecular formula is C16H22N2O4. The fourth-order valence-electron chi connectivity index (χ4n) is 3.39. The zero-order valence-electron chi connectivity index (χ0n) is 13.0. The van der Waals surface area contributed by atoms with E-state index in [4.69, 9.17) is 4.74 Å². The van der Waals surface area contributed by atoms with Gasteiger partial charge in [-0.05, 0) is 38.3 Å². The highest BCUT2D eigenvalue weighted by Gasteiger charge is 2.47. The van der Waals surface area contributed by atoms with Crippen molar-refractivity contribution in [2.75, 3.05) is 19.7 Å². The number of likely N-dealkylation sites (tertiary alicyclic amines) is 1. The molecule has 2 saturated heterocycles. The normalized spacial score (nSPS) is 28.3. The lowest BCUT2D eigenvalue weighted by molar-refractivity contribution is -0.124. The number of ether oxygens (including phenoxy) is 1. The van der Waals surface area contributed by atoms with E-state index in [9.17, 15) is 14.7 Å². The van der Waals surface area contributed by atoms with Crippen molar-refractivity contribution in [2.24, 2.45) is 7.05 Å². The van der Waals surface area contributed by atoms with Gasteiger partial charge in [-0.2, -0.15) is 0 Å². The third kappa shape index (κ3) is 2.36. The average molecular weight is 306 g/mol. The molecule has 3 heterocycles. The minimum atomic E-state index is -0.649. The van der Waals surface area contributed by atoms with Crippen LogP contribution in [0.5, 0.6) is 0 Å². The second-order valence-electron chi connectivity index (χ2n) is 6.30. The van der Waals surface area contributed by atoms with Gasteiger partial charge in [0.15, 0.2) is 0 Å². The van der Waals surface area contributed by atoms with Gasteiger partial charge in [-0.15, -0.1) is 0 Å². The first-order valence-corrected chi connectivity index (χ1v) is 7.72. The fraction of sp³-hybridized carbons (Fsp3) is 0.625. The van der Waals surface area contributed by atoms with Gasteiger partial charge in [0.05, 0.1) is 12.6 Å². The number of aryl methyl sites for hydroxylation is 1. The summed E-state index contributed by atoms with van der Waals surface area (Å²) in [6.45, 7) is 3.24. The summed E-state index contributed by atoms with van der Waals surface area (Å²) >= 11 is 0. The molecule has 2 fully saturated rings. The molecule has 6 heteroatoms. The first kappa shape index (κ1) is 15.2. The van der Waals surface area contributed by atoms with Gasteiger partial charge in [0, 0.05) is 25.9 Å². The second kappa shape index (κ2) is 5.52. The Kier molecular flexibility index (Phi) is 3.82. The summed E-state index contributed by atoms with van der Waals surface area (Å²) < 4.78 is 7.24. The minimum absolute atomic E-state index is 0.178. The molecule has 0 unspecified atom stereocenters. The van der Waals surface area contributed by atoms with Gasteiger partial charge in [-0.3, -0.25) is 9.59 Å². The quantitative estimate of drug-likeness (QED) is 0.818. The van der Waals surface area contributed by atoms with Crippen molar-refractivity contribution >= 4 is 5.91 Å². The Morgan fingerprint density at radius 2 is 2.23 bits per heavy atom. The Morgan fingerprint density at radius 3 is 2.91 bits per heavy atom. The fourth-order valence-corrected chi connectivity index (χ4v) is 3.39. The van der Waals surface area contributed by atoms with E-state index in [-0.39, 0.29) is 17.0 Å². The summed E-state index contributed by atoms with van der Waals surface area (Å²) in [5.41, 5.74) is 0.0606. The monoisotopic (exact) mass is 306 g/mol. The lowest BCUT2D eigenvalue weighted by Gasteiger charge is -2.43. The molecule has 0 aromatic carbocycles. The van der Waals surface area contributed by atoms with E-state index in [1.165, 1.54) is 4.57 Å². The summed E-state index contributed by atoms with van der Waals surface area (Å²) in [5, 5.41) is 10.2. The number of pyridine rings is 1. The zero-order chi connectivity index (χ0) is 15.9. The molecule has 2 atom stereocenters. The minimum Gasteiger partial charge on any atom is -0.390 e. The number of piperidine rings is 1. The average Bonchev–Trinajstić information content (AvgIpc) is 2.97. The highest BCUT2D eigenvalue weighted by molar-refractivity contribution is 5.94. The highest BCUT2D eigenvalue weighted by Crippen LogP contribution is 2.35. The molecule has 1 N–H and O–H groups in total. The maximum absolute atomic E-state index is 12.7. The van der Waals surface area contributed by atoms with E-state index in [0.29, 0.717) is 26.1 Å². The molecule has 1 aromatic heterocycles. The number of carbonyl (C=O) groups excluding carboxylic acids is 1. The molecule has 22 heavy (non-hydrogen) atoms. The number of hydrogen-bond donors (Lipinski definition) is 1. The molecule has 0 bridgehead atoms. The number of aromatic nitrogens is 1. The van der Waals surface area contributed by atoms with E-state index in [1.807, 2.05) is 6.92 Å². The Bertz CT molecular complexity index is 646. The Balaban J connectivity index is 1.87. The van der Waals surface area contributed by atoms with E-state index >= 15 is 0 Å². The van der Waals surface area contributed by atoms with E-state index in [2.05, 4.69) is 0 Å². The Hall–Kier alpha value is -1.66. The van der Waals surface area contributed by atoms with Crippen LogP contribution < -0.4 is 5.56 Å². The number of amides is 1. The van der Waals surface area contributed by atoms with Gasteiger partial charge in [0.2, 0.25) is 0 Å². The maximum Gasteiger partial charge on any atom is 0.263 e. The van der Waals surface area contributed by atoms with Crippen LogP contribution in [0.4, 0.5) is 0 Å². The smallest absolute Gasteiger partial charge is 0.263 e. The van der Waals surface area contributed by atoms with Crippen LogP contribution in [0.2, 0.25) is 0 Å². The third-order valence-electron chi connectivity index (χ3n) is 4.94. The van der Waals surface area contributed by atoms with Crippen LogP contribution >= 0.6 is 0 Å². The van der Waals surface area contributed by atoms with E-state index in [0.717, 1.165) is 18.5 Å². The molecular weight excluding hydrogens is 284 g/mol. The molecule has 0 radical (unpaired) electrons. The summed E-state index contributed by atoms with van der Waals surface area (Å²) in [7, 11) is 1.66. The van der Waals surface area contributed by atoms with Gasteiger partial charge in [0.1, 0.15) is 11.2 Å². The number of rotatable bonds is 1. The van der Waals surface area contributed by atoms with Crippen molar-refractivity contribution in [3.05, 3.63) is 33.7 Å². The van der Waals surface area contributed by atoms with Crippen LogP contribution in [0.25, 0.3) is 0 Å². The van der Waals surface area contributed by atoms with Crippen LogP contribution in [0, 0.1) is 6.92 Å². The molecule has 3 rings (SSSR count). The number of hydrogen-bond acceptors (Lipinski definition) is 4. The van der Waals surface area contributed by atoms with Crippen molar-refractivity contribution in [3.63, 3.8) is 0 Å². The molecule has 0 saturated carbocycles. The van der Waals surface area contributed by atoms with Crippen LogP contribution in [-0.4, -0.2) is 51.9 Å². The van der Waals surface area contributed by atoms with Crippen LogP contribution in [0.15, 0.2) is 16.9 Å².